The van der Waals surface area contributed by atoms with E-state index in [1.54, 1.807) is 0 Å². The normalized spacial score (nSPS) is 15.7. The molecule has 0 unspecified atom stereocenters. The van der Waals surface area contributed by atoms with E-state index >= 15 is 0 Å². The lowest BCUT2D eigenvalue weighted by atomic mass is 10.1. The van der Waals surface area contributed by atoms with Crippen LogP contribution in [0.3, 0.4) is 0 Å². The fraction of sp³-hybridized carbons (Fsp3) is 0.462. The van der Waals surface area contributed by atoms with E-state index in [0.717, 1.165) is 31.7 Å². The number of rotatable bonds is 3. The van der Waals surface area contributed by atoms with E-state index in [9.17, 15) is 9.18 Å². The number of nitrogen functional groups attached to an aromatic ring is 1. The van der Waals surface area contributed by atoms with E-state index in [1.165, 1.54) is 13.2 Å². The summed E-state index contributed by atoms with van der Waals surface area (Å²) in [5.41, 5.74) is 5.74. The third-order valence-corrected chi connectivity index (χ3v) is 3.10. The summed E-state index contributed by atoms with van der Waals surface area (Å²) < 4.78 is 23.7. The number of nitrogens with two attached hydrogens (primary N) is 1. The quantitative estimate of drug-likeness (QED) is 0.664. The van der Waals surface area contributed by atoms with Crippen LogP contribution in [0.4, 0.5) is 10.1 Å². The van der Waals surface area contributed by atoms with E-state index < -0.39 is 11.8 Å². The standard InChI is InChI=1S/C13H16FNO3/c1-17-13(16)9-6-12(11(15)7-10(9)14)18-8-4-2-3-5-8/h6-8H,2-5,15H2,1H3. The topological polar surface area (TPSA) is 61.5 Å². The van der Waals surface area contributed by atoms with Gasteiger partial charge in [0.1, 0.15) is 11.6 Å². The molecule has 1 aromatic carbocycles. The lowest BCUT2D eigenvalue weighted by Crippen LogP contribution is -2.14. The van der Waals surface area contributed by atoms with E-state index in [0.29, 0.717) is 5.75 Å². The maximum Gasteiger partial charge on any atom is 0.340 e. The Balaban J connectivity index is 2.25. The molecule has 2 N–H and O–H groups in total. The number of anilines is 1. The summed E-state index contributed by atoms with van der Waals surface area (Å²) in [7, 11) is 1.20. The first kappa shape index (κ1) is 12.7. The van der Waals surface area contributed by atoms with Crippen molar-refractivity contribution in [3.05, 3.63) is 23.5 Å². The summed E-state index contributed by atoms with van der Waals surface area (Å²) in [5.74, 6) is -1.08. The summed E-state index contributed by atoms with van der Waals surface area (Å²) in [4.78, 5) is 11.4. The van der Waals surface area contributed by atoms with Crippen molar-refractivity contribution in [1.82, 2.24) is 0 Å². The van der Waals surface area contributed by atoms with Crippen molar-refractivity contribution in [3.8, 4) is 5.75 Å². The molecule has 1 aromatic rings. The number of benzene rings is 1. The first-order chi connectivity index (χ1) is 8.61. The third-order valence-electron chi connectivity index (χ3n) is 3.10. The van der Waals surface area contributed by atoms with Crippen LogP contribution in [0.2, 0.25) is 0 Å². The average Bonchev–Trinajstić information content (AvgIpc) is 2.84. The van der Waals surface area contributed by atoms with E-state index in [4.69, 9.17) is 10.5 Å². The molecule has 5 heteroatoms. The second-order valence-electron chi connectivity index (χ2n) is 4.39. The number of carbonyl (C=O) groups is 1. The molecule has 98 valence electrons. The summed E-state index contributed by atoms with van der Waals surface area (Å²) >= 11 is 0. The van der Waals surface area contributed by atoms with Gasteiger partial charge in [0, 0.05) is 6.07 Å². The molecule has 1 aliphatic carbocycles. The molecule has 0 amide bonds. The zero-order chi connectivity index (χ0) is 13.1. The molecule has 4 nitrogen and oxygen atoms in total. The summed E-state index contributed by atoms with van der Waals surface area (Å²) in [5, 5.41) is 0. The number of carbonyl (C=O) groups excluding carboxylic acids is 1. The molecule has 1 saturated carbocycles. The smallest absolute Gasteiger partial charge is 0.340 e. The lowest BCUT2D eigenvalue weighted by molar-refractivity contribution is 0.0594. The second-order valence-corrected chi connectivity index (χ2v) is 4.39. The molecule has 0 spiro atoms. The van der Waals surface area contributed by atoms with Gasteiger partial charge in [-0.2, -0.15) is 0 Å². The molecular formula is C13H16FNO3. The Labute approximate surface area is 105 Å². The summed E-state index contributed by atoms with van der Waals surface area (Å²) in [6, 6.07) is 2.41. The molecule has 18 heavy (non-hydrogen) atoms. The van der Waals surface area contributed by atoms with Crippen LogP contribution in [0.1, 0.15) is 36.0 Å². The van der Waals surface area contributed by atoms with Gasteiger partial charge >= 0.3 is 5.97 Å². The van der Waals surface area contributed by atoms with Gasteiger partial charge in [-0.3, -0.25) is 0 Å². The molecule has 1 aliphatic rings. The molecule has 0 atom stereocenters. The predicted molar refractivity (Wildman–Crippen MR) is 65.0 cm³/mol. The van der Waals surface area contributed by atoms with E-state index in [1.807, 2.05) is 0 Å². The van der Waals surface area contributed by atoms with Gasteiger partial charge in [0.25, 0.3) is 0 Å². The minimum Gasteiger partial charge on any atom is -0.488 e. The van der Waals surface area contributed by atoms with Crippen LogP contribution in [0.25, 0.3) is 0 Å². The van der Waals surface area contributed by atoms with Gasteiger partial charge in [0.05, 0.1) is 24.5 Å². The van der Waals surface area contributed by atoms with E-state index in [-0.39, 0.29) is 17.4 Å². The SMILES string of the molecule is COC(=O)c1cc(OC2CCCC2)c(N)cc1F. The fourth-order valence-corrected chi connectivity index (χ4v) is 2.12. The Morgan fingerprint density at radius 3 is 2.67 bits per heavy atom. The maximum atomic E-state index is 13.5. The Morgan fingerprint density at radius 1 is 1.39 bits per heavy atom. The Kier molecular flexibility index (Phi) is 3.69. The number of ether oxygens (including phenoxy) is 2. The first-order valence-electron chi connectivity index (χ1n) is 5.96. The number of esters is 1. The molecule has 0 saturated heterocycles. The minimum absolute atomic E-state index is 0.100. The van der Waals surface area contributed by atoms with Crippen molar-refractivity contribution in [2.45, 2.75) is 31.8 Å². The van der Waals surface area contributed by atoms with Crippen molar-refractivity contribution in [2.24, 2.45) is 0 Å². The second kappa shape index (κ2) is 5.25. The van der Waals surface area contributed by atoms with Crippen molar-refractivity contribution in [2.75, 3.05) is 12.8 Å². The van der Waals surface area contributed by atoms with Crippen LogP contribution >= 0.6 is 0 Å². The minimum atomic E-state index is -0.733. The first-order valence-corrected chi connectivity index (χ1v) is 5.96. The zero-order valence-electron chi connectivity index (χ0n) is 10.2. The molecule has 0 radical (unpaired) electrons. The summed E-state index contributed by atoms with van der Waals surface area (Å²) in [6.07, 6.45) is 4.27. The van der Waals surface area contributed by atoms with Gasteiger partial charge in [-0.05, 0) is 31.7 Å². The molecule has 2 rings (SSSR count). The van der Waals surface area contributed by atoms with Gasteiger partial charge in [-0.1, -0.05) is 0 Å². The third kappa shape index (κ3) is 2.55. The monoisotopic (exact) mass is 253 g/mol. The van der Waals surface area contributed by atoms with Crippen molar-refractivity contribution in [1.29, 1.82) is 0 Å². The highest BCUT2D eigenvalue weighted by Gasteiger charge is 2.20. The number of halogens is 1. The lowest BCUT2D eigenvalue weighted by Gasteiger charge is -2.15. The van der Waals surface area contributed by atoms with Crippen LogP contribution in [-0.2, 0) is 4.74 Å². The van der Waals surface area contributed by atoms with Crippen LogP contribution in [0, 0.1) is 5.82 Å². The summed E-state index contributed by atoms with van der Waals surface area (Å²) in [6.45, 7) is 0. The highest BCUT2D eigenvalue weighted by molar-refractivity contribution is 5.91. The Hall–Kier alpha value is -1.78. The molecule has 0 aromatic heterocycles. The van der Waals surface area contributed by atoms with Gasteiger partial charge in [0.15, 0.2) is 0 Å². The van der Waals surface area contributed by atoms with Gasteiger partial charge in [0.2, 0.25) is 0 Å². The average molecular weight is 253 g/mol. The van der Waals surface area contributed by atoms with Gasteiger partial charge in [-0.15, -0.1) is 0 Å². The molecule has 1 fully saturated rings. The highest BCUT2D eigenvalue weighted by atomic mass is 19.1. The van der Waals surface area contributed by atoms with Crippen LogP contribution in [0.5, 0.6) is 5.75 Å². The van der Waals surface area contributed by atoms with Crippen LogP contribution in [-0.4, -0.2) is 19.2 Å². The number of hydrogen-bond acceptors (Lipinski definition) is 4. The molecular weight excluding hydrogens is 237 g/mol. The Morgan fingerprint density at radius 2 is 2.06 bits per heavy atom. The largest absolute Gasteiger partial charge is 0.488 e. The predicted octanol–water partition coefficient (Wildman–Crippen LogP) is 2.52. The van der Waals surface area contributed by atoms with Crippen molar-refractivity contribution >= 4 is 11.7 Å². The van der Waals surface area contributed by atoms with Crippen molar-refractivity contribution < 1.29 is 18.7 Å². The van der Waals surface area contributed by atoms with Crippen LogP contribution in [0.15, 0.2) is 12.1 Å². The maximum absolute atomic E-state index is 13.5. The van der Waals surface area contributed by atoms with Crippen molar-refractivity contribution in [3.63, 3.8) is 0 Å². The Bertz CT molecular complexity index is 456. The fourth-order valence-electron chi connectivity index (χ4n) is 2.12. The number of methoxy groups -OCH3 is 1. The molecule has 0 aliphatic heterocycles. The molecule has 0 bridgehead atoms. The zero-order valence-corrected chi connectivity index (χ0v) is 10.2. The van der Waals surface area contributed by atoms with Gasteiger partial charge in [-0.25, -0.2) is 9.18 Å². The highest BCUT2D eigenvalue weighted by Crippen LogP contribution is 2.30. The van der Waals surface area contributed by atoms with Gasteiger partial charge < -0.3 is 15.2 Å². The number of hydrogen-bond donors (Lipinski definition) is 1. The van der Waals surface area contributed by atoms with E-state index in [2.05, 4.69) is 4.74 Å². The van der Waals surface area contributed by atoms with Crippen LogP contribution < -0.4 is 10.5 Å². The molecule has 0 heterocycles.